The van der Waals surface area contributed by atoms with E-state index in [0.29, 0.717) is 16.3 Å². The van der Waals surface area contributed by atoms with Crippen molar-refractivity contribution in [3.8, 4) is 11.3 Å². The topological polar surface area (TPSA) is 62.8 Å². The van der Waals surface area contributed by atoms with Crippen molar-refractivity contribution < 1.29 is 8.42 Å². The molecule has 84 valence electrons. The van der Waals surface area contributed by atoms with Crippen molar-refractivity contribution in [1.29, 1.82) is 0 Å². The Labute approximate surface area is 98.2 Å². The highest BCUT2D eigenvalue weighted by Crippen LogP contribution is 2.26. The maximum absolute atomic E-state index is 11.5. The summed E-state index contributed by atoms with van der Waals surface area (Å²) in [7, 11) is -3.29. The fourth-order valence-electron chi connectivity index (χ4n) is 1.41. The van der Waals surface area contributed by atoms with Gasteiger partial charge in [0.2, 0.25) is 0 Å². The number of benzene rings is 1. The molecule has 0 amide bonds. The minimum absolute atomic E-state index is 0.176. The number of sulfone groups is 1. The normalized spacial score (nSPS) is 11.6. The summed E-state index contributed by atoms with van der Waals surface area (Å²) in [5.41, 5.74) is 1.16. The molecule has 0 aliphatic heterocycles. The average Bonchev–Trinajstić information content (AvgIpc) is 2.65. The molecule has 6 heteroatoms. The van der Waals surface area contributed by atoms with Gasteiger partial charge in [-0.1, -0.05) is 23.7 Å². The molecule has 0 spiro atoms. The van der Waals surface area contributed by atoms with Crippen molar-refractivity contribution in [3.05, 3.63) is 35.5 Å². The van der Waals surface area contributed by atoms with E-state index >= 15 is 0 Å². The lowest BCUT2D eigenvalue weighted by molar-refractivity contribution is 0.602. The Balaban J connectivity index is 2.62. The van der Waals surface area contributed by atoms with Gasteiger partial charge in [0, 0.05) is 16.8 Å². The number of nitrogens with zero attached hydrogens (tertiary/aromatic N) is 1. The van der Waals surface area contributed by atoms with Crippen LogP contribution in [0.3, 0.4) is 0 Å². The first-order chi connectivity index (χ1) is 7.48. The second kappa shape index (κ2) is 3.92. The molecule has 0 aliphatic rings. The van der Waals surface area contributed by atoms with Crippen molar-refractivity contribution in [1.82, 2.24) is 10.2 Å². The van der Waals surface area contributed by atoms with Crippen LogP contribution in [0.4, 0.5) is 0 Å². The second-order valence-electron chi connectivity index (χ2n) is 3.39. The van der Waals surface area contributed by atoms with Gasteiger partial charge < -0.3 is 0 Å². The molecule has 4 nitrogen and oxygen atoms in total. The number of H-pyrrole nitrogens is 1. The third-order valence-electron chi connectivity index (χ3n) is 2.12. The summed E-state index contributed by atoms with van der Waals surface area (Å²) in [6.45, 7) is 0. The van der Waals surface area contributed by atoms with Crippen molar-refractivity contribution in [3.63, 3.8) is 0 Å². The van der Waals surface area contributed by atoms with Crippen LogP contribution in [-0.4, -0.2) is 24.9 Å². The molecule has 1 aromatic carbocycles. The van der Waals surface area contributed by atoms with E-state index in [0.717, 1.165) is 6.26 Å². The SMILES string of the molecule is CS(=O)(=O)c1cn[nH]c1-c1cccc(Cl)c1. The number of aromatic amines is 1. The Morgan fingerprint density at radius 1 is 1.38 bits per heavy atom. The molecule has 1 N–H and O–H groups in total. The molecular weight excluding hydrogens is 248 g/mol. The lowest BCUT2D eigenvalue weighted by Crippen LogP contribution is -1.97. The number of aromatic nitrogens is 2. The zero-order valence-corrected chi connectivity index (χ0v) is 10.0. The summed E-state index contributed by atoms with van der Waals surface area (Å²) in [6, 6.07) is 6.93. The van der Waals surface area contributed by atoms with E-state index in [1.54, 1.807) is 24.3 Å². The smallest absolute Gasteiger partial charge is 0.179 e. The highest BCUT2D eigenvalue weighted by molar-refractivity contribution is 7.90. The molecule has 2 aromatic rings. The summed E-state index contributed by atoms with van der Waals surface area (Å²) in [6.07, 6.45) is 2.44. The average molecular weight is 257 g/mol. The fraction of sp³-hybridized carbons (Fsp3) is 0.100. The van der Waals surface area contributed by atoms with Gasteiger partial charge in [0.05, 0.1) is 11.9 Å². The van der Waals surface area contributed by atoms with E-state index in [2.05, 4.69) is 10.2 Å². The standard InChI is InChI=1S/C10H9ClN2O2S/c1-16(14,15)9-6-12-13-10(9)7-3-2-4-8(11)5-7/h2-6H,1H3,(H,12,13). The number of hydrogen-bond donors (Lipinski definition) is 1. The molecule has 0 saturated carbocycles. The monoisotopic (exact) mass is 256 g/mol. The molecule has 0 aliphatic carbocycles. The van der Waals surface area contributed by atoms with Crippen LogP contribution in [0.25, 0.3) is 11.3 Å². The summed E-state index contributed by atoms with van der Waals surface area (Å²) in [5, 5.41) is 6.96. The van der Waals surface area contributed by atoms with Crippen molar-refractivity contribution >= 4 is 21.4 Å². The molecule has 1 heterocycles. The Morgan fingerprint density at radius 3 is 2.75 bits per heavy atom. The Kier molecular flexibility index (Phi) is 2.73. The van der Waals surface area contributed by atoms with E-state index in [4.69, 9.17) is 11.6 Å². The lowest BCUT2D eigenvalue weighted by Gasteiger charge is -2.01. The van der Waals surface area contributed by atoms with E-state index in [1.165, 1.54) is 6.20 Å². The first-order valence-corrected chi connectivity index (χ1v) is 6.75. The maximum Gasteiger partial charge on any atom is 0.179 e. The van der Waals surface area contributed by atoms with Gasteiger partial charge in [-0.2, -0.15) is 5.10 Å². The summed E-state index contributed by atoms with van der Waals surface area (Å²) < 4.78 is 23.0. The second-order valence-corrected chi connectivity index (χ2v) is 5.81. The van der Waals surface area contributed by atoms with E-state index in [1.807, 2.05) is 0 Å². The summed E-state index contributed by atoms with van der Waals surface area (Å²) in [4.78, 5) is 0.176. The van der Waals surface area contributed by atoms with Crippen LogP contribution < -0.4 is 0 Å². The molecule has 1 aromatic heterocycles. The molecule has 16 heavy (non-hydrogen) atoms. The highest BCUT2D eigenvalue weighted by atomic mass is 35.5. The van der Waals surface area contributed by atoms with Crippen molar-refractivity contribution in [2.45, 2.75) is 4.90 Å². The number of nitrogens with one attached hydrogen (secondary N) is 1. The van der Waals surface area contributed by atoms with Gasteiger partial charge in [0.25, 0.3) is 0 Å². The van der Waals surface area contributed by atoms with E-state index < -0.39 is 9.84 Å². The van der Waals surface area contributed by atoms with Crippen molar-refractivity contribution in [2.75, 3.05) is 6.26 Å². The molecule has 2 rings (SSSR count). The minimum Gasteiger partial charge on any atom is -0.276 e. The minimum atomic E-state index is -3.29. The van der Waals surface area contributed by atoms with Gasteiger partial charge in [0.15, 0.2) is 9.84 Å². The lowest BCUT2D eigenvalue weighted by atomic mass is 10.2. The van der Waals surface area contributed by atoms with Gasteiger partial charge in [-0.15, -0.1) is 0 Å². The number of halogens is 1. The van der Waals surface area contributed by atoms with Crippen molar-refractivity contribution in [2.24, 2.45) is 0 Å². The third-order valence-corrected chi connectivity index (χ3v) is 3.46. The molecule has 0 atom stereocenters. The highest BCUT2D eigenvalue weighted by Gasteiger charge is 2.16. The maximum atomic E-state index is 11.5. The van der Waals surface area contributed by atoms with E-state index in [9.17, 15) is 8.42 Å². The predicted molar refractivity (Wildman–Crippen MR) is 62.1 cm³/mol. The molecule has 0 fully saturated rings. The van der Waals surface area contributed by atoms with Gasteiger partial charge in [0.1, 0.15) is 4.90 Å². The van der Waals surface area contributed by atoms with Crippen LogP contribution in [0.15, 0.2) is 35.4 Å². The summed E-state index contributed by atoms with van der Waals surface area (Å²) in [5.74, 6) is 0. The fourth-order valence-corrected chi connectivity index (χ4v) is 2.38. The van der Waals surface area contributed by atoms with Crippen LogP contribution in [0.5, 0.6) is 0 Å². The quantitative estimate of drug-likeness (QED) is 0.895. The van der Waals surface area contributed by atoms with Gasteiger partial charge in [-0.3, -0.25) is 5.10 Å². The molecule has 0 bridgehead atoms. The first kappa shape index (κ1) is 11.2. The van der Waals surface area contributed by atoms with Gasteiger partial charge in [-0.05, 0) is 12.1 Å². The molecule has 0 saturated heterocycles. The zero-order valence-electron chi connectivity index (χ0n) is 8.44. The Morgan fingerprint density at radius 2 is 2.12 bits per heavy atom. The Bertz CT molecular complexity index is 619. The van der Waals surface area contributed by atoms with Crippen LogP contribution in [-0.2, 0) is 9.84 Å². The van der Waals surface area contributed by atoms with E-state index in [-0.39, 0.29) is 4.90 Å². The zero-order chi connectivity index (χ0) is 11.8. The summed E-state index contributed by atoms with van der Waals surface area (Å²) >= 11 is 5.84. The molecule has 0 unspecified atom stereocenters. The predicted octanol–water partition coefficient (Wildman–Crippen LogP) is 2.13. The third kappa shape index (κ3) is 2.10. The first-order valence-electron chi connectivity index (χ1n) is 4.48. The van der Waals surface area contributed by atoms with Crippen LogP contribution in [0.2, 0.25) is 5.02 Å². The molecule has 0 radical (unpaired) electrons. The van der Waals surface area contributed by atoms with Gasteiger partial charge in [-0.25, -0.2) is 8.42 Å². The van der Waals surface area contributed by atoms with Crippen LogP contribution in [0.1, 0.15) is 0 Å². The number of hydrogen-bond acceptors (Lipinski definition) is 3. The number of rotatable bonds is 2. The largest absolute Gasteiger partial charge is 0.276 e. The van der Waals surface area contributed by atoms with Crippen LogP contribution in [0, 0.1) is 0 Å². The van der Waals surface area contributed by atoms with Crippen LogP contribution >= 0.6 is 11.6 Å². The van der Waals surface area contributed by atoms with Gasteiger partial charge >= 0.3 is 0 Å². The molecular formula is C10H9ClN2O2S. The Hall–Kier alpha value is -1.33.